The first-order chi connectivity index (χ1) is 9.65. The Hall–Kier alpha value is -2.34. The molecule has 0 radical (unpaired) electrons. The number of rotatable bonds is 7. The highest BCUT2D eigenvalue weighted by molar-refractivity contribution is 5.87. The number of ether oxygens (including phenoxy) is 1. The van der Waals surface area contributed by atoms with Crippen LogP contribution in [0, 0.1) is 6.92 Å². The minimum Gasteiger partial charge on any atom is -0.492 e. The Kier molecular flexibility index (Phi) is 4.73. The molecule has 2 aromatic rings. The highest BCUT2D eigenvalue weighted by Crippen LogP contribution is 2.12. The van der Waals surface area contributed by atoms with Gasteiger partial charge in [-0.3, -0.25) is 0 Å². The van der Waals surface area contributed by atoms with Crippen molar-refractivity contribution >= 4 is 5.97 Å². The van der Waals surface area contributed by atoms with Crippen LogP contribution in [0.4, 0.5) is 0 Å². The first-order valence-corrected chi connectivity index (χ1v) is 6.24. The molecule has 6 heteroatoms. The summed E-state index contributed by atoms with van der Waals surface area (Å²) in [5.74, 6) is 0.354. The summed E-state index contributed by atoms with van der Waals surface area (Å²) in [4.78, 5) is 10.8. The van der Waals surface area contributed by atoms with E-state index in [1.165, 1.54) is 12.1 Å². The molecule has 0 saturated heterocycles. The Bertz CT molecular complexity index is 580. The van der Waals surface area contributed by atoms with Gasteiger partial charge in [0.05, 0.1) is 17.8 Å². The second-order valence-corrected chi connectivity index (χ2v) is 4.29. The lowest BCUT2D eigenvalue weighted by Gasteiger charge is -2.07. The third-order valence-corrected chi connectivity index (χ3v) is 2.60. The van der Waals surface area contributed by atoms with Gasteiger partial charge in [-0.25, -0.2) is 4.79 Å². The number of benzene rings is 1. The number of nitrogens with one attached hydrogen (secondary N) is 1. The number of carboxylic acid groups (broad SMARTS) is 1. The average molecular weight is 276 g/mol. The Morgan fingerprint density at radius 1 is 1.45 bits per heavy atom. The van der Waals surface area contributed by atoms with Crippen LogP contribution in [-0.4, -0.2) is 29.4 Å². The zero-order valence-corrected chi connectivity index (χ0v) is 11.1. The van der Waals surface area contributed by atoms with Gasteiger partial charge in [0.1, 0.15) is 12.4 Å². The fraction of sp³-hybridized carbons (Fsp3) is 0.286. The zero-order valence-electron chi connectivity index (χ0n) is 11.1. The predicted molar refractivity (Wildman–Crippen MR) is 71.8 cm³/mol. The van der Waals surface area contributed by atoms with E-state index in [1.54, 1.807) is 12.1 Å². The van der Waals surface area contributed by atoms with Gasteiger partial charge in [-0.2, -0.15) is 0 Å². The first kappa shape index (κ1) is 14.1. The van der Waals surface area contributed by atoms with Gasteiger partial charge in [-0.1, -0.05) is 11.2 Å². The molecule has 6 nitrogen and oxygen atoms in total. The SMILES string of the molecule is Cc1cc(CNCCOc2cccc(C(=O)O)c2)on1. The summed E-state index contributed by atoms with van der Waals surface area (Å²) < 4.78 is 10.5. The van der Waals surface area contributed by atoms with Gasteiger partial charge in [0.2, 0.25) is 0 Å². The summed E-state index contributed by atoms with van der Waals surface area (Å²) in [7, 11) is 0. The zero-order chi connectivity index (χ0) is 14.4. The van der Waals surface area contributed by atoms with Gasteiger partial charge in [-0.05, 0) is 25.1 Å². The number of aromatic nitrogens is 1. The van der Waals surface area contributed by atoms with Crippen LogP contribution in [0.15, 0.2) is 34.9 Å². The molecule has 0 atom stereocenters. The van der Waals surface area contributed by atoms with Crippen LogP contribution in [-0.2, 0) is 6.54 Å². The van der Waals surface area contributed by atoms with Crippen molar-refractivity contribution in [2.45, 2.75) is 13.5 Å². The van der Waals surface area contributed by atoms with Crippen molar-refractivity contribution in [1.29, 1.82) is 0 Å². The molecule has 0 saturated carbocycles. The first-order valence-electron chi connectivity index (χ1n) is 6.24. The molecule has 1 heterocycles. The molecule has 0 aliphatic carbocycles. The summed E-state index contributed by atoms with van der Waals surface area (Å²) in [6.07, 6.45) is 0. The van der Waals surface area contributed by atoms with E-state index in [-0.39, 0.29) is 5.56 Å². The summed E-state index contributed by atoms with van der Waals surface area (Å²) in [6, 6.07) is 8.28. The van der Waals surface area contributed by atoms with Gasteiger partial charge < -0.3 is 19.7 Å². The smallest absolute Gasteiger partial charge is 0.335 e. The molecule has 1 aromatic carbocycles. The maximum absolute atomic E-state index is 10.8. The lowest BCUT2D eigenvalue weighted by Crippen LogP contribution is -2.20. The number of hydrogen-bond donors (Lipinski definition) is 2. The summed E-state index contributed by atoms with van der Waals surface area (Å²) in [6.45, 7) is 3.51. The number of hydrogen-bond acceptors (Lipinski definition) is 5. The third-order valence-electron chi connectivity index (χ3n) is 2.60. The van der Waals surface area contributed by atoms with Gasteiger partial charge in [0.25, 0.3) is 0 Å². The van der Waals surface area contributed by atoms with Crippen LogP contribution < -0.4 is 10.1 Å². The van der Waals surface area contributed by atoms with Crippen LogP contribution in [0.1, 0.15) is 21.8 Å². The Labute approximate surface area is 116 Å². The number of carbonyl (C=O) groups is 1. The molecule has 2 N–H and O–H groups in total. The summed E-state index contributed by atoms with van der Waals surface area (Å²) in [5, 5.41) is 15.8. The van der Waals surface area contributed by atoms with Crippen LogP contribution in [0.2, 0.25) is 0 Å². The van der Waals surface area contributed by atoms with Gasteiger partial charge in [0, 0.05) is 12.6 Å². The minimum atomic E-state index is -0.964. The van der Waals surface area contributed by atoms with Gasteiger partial charge in [0.15, 0.2) is 5.76 Å². The van der Waals surface area contributed by atoms with Crippen LogP contribution >= 0.6 is 0 Å². The molecule has 0 aliphatic heterocycles. The van der Waals surface area contributed by atoms with E-state index in [2.05, 4.69) is 10.5 Å². The highest BCUT2D eigenvalue weighted by atomic mass is 16.5. The number of nitrogens with zero attached hydrogens (tertiary/aromatic N) is 1. The molecule has 0 fully saturated rings. The number of carboxylic acids is 1. The molecule has 0 amide bonds. The van der Waals surface area contributed by atoms with E-state index >= 15 is 0 Å². The Morgan fingerprint density at radius 2 is 2.30 bits per heavy atom. The maximum Gasteiger partial charge on any atom is 0.335 e. The van der Waals surface area contributed by atoms with Crippen molar-refractivity contribution < 1.29 is 19.2 Å². The van der Waals surface area contributed by atoms with E-state index < -0.39 is 5.97 Å². The summed E-state index contributed by atoms with van der Waals surface area (Å²) in [5.41, 5.74) is 1.07. The quantitative estimate of drug-likeness (QED) is 0.751. The van der Waals surface area contributed by atoms with E-state index in [9.17, 15) is 4.79 Å². The van der Waals surface area contributed by atoms with Crippen molar-refractivity contribution in [1.82, 2.24) is 10.5 Å². The van der Waals surface area contributed by atoms with E-state index in [4.69, 9.17) is 14.4 Å². The lowest BCUT2D eigenvalue weighted by molar-refractivity contribution is 0.0696. The minimum absolute atomic E-state index is 0.215. The van der Waals surface area contributed by atoms with E-state index in [0.29, 0.717) is 25.4 Å². The fourth-order valence-electron chi connectivity index (χ4n) is 1.67. The fourth-order valence-corrected chi connectivity index (χ4v) is 1.67. The largest absolute Gasteiger partial charge is 0.492 e. The predicted octanol–water partition coefficient (Wildman–Crippen LogP) is 1.85. The molecule has 0 bridgehead atoms. The van der Waals surface area contributed by atoms with Crippen molar-refractivity contribution in [2.75, 3.05) is 13.2 Å². The molecule has 2 rings (SSSR count). The van der Waals surface area contributed by atoms with Gasteiger partial charge >= 0.3 is 5.97 Å². The average Bonchev–Trinajstić information content (AvgIpc) is 2.84. The molecular weight excluding hydrogens is 260 g/mol. The molecule has 106 valence electrons. The maximum atomic E-state index is 10.8. The van der Waals surface area contributed by atoms with Crippen molar-refractivity contribution in [3.63, 3.8) is 0 Å². The Morgan fingerprint density at radius 3 is 3.00 bits per heavy atom. The molecule has 20 heavy (non-hydrogen) atoms. The second-order valence-electron chi connectivity index (χ2n) is 4.29. The third kappa shape index (κ3) is 4.10. The normalized spacial score (nSPS) is 10.4. The van der Waals surface area contributed by atoms with Crippen LogP contribution in [0.3, 0.4) is 0 Å². The second kappa shape index (κ2) is 6.72. The molecule has 1 aromatic heterocycles. The van der Waals surface area contributed by atoms with E-state index in [1.807, 2.05) is 13.0 Å². The van der Waals surface area contributed by atoms with Crippen LogP contribution in [0.5, 0.6) is 5.75 Å². The lowest BCUT2D eigenvalue weighted by atomic mass is 10.2. The molecule has 0 unspecified atom stereocenters. The van der Waals surface area contributed by atoms with Gasteiger partial charge in [-0.15, -0.1) is 0 Å². The molecule has 0 spiro atoms. The Balaban J connectivity index is 1.70. The molecule has 0 aliphatic rings. The monoisotopic (exact) mass is 276 g/mol. The van der Waals surface area contributed by atoms with Crippen molar-refractivity contribution in [2.24, 2.45) is 0 Å². The number of aromatic carboxylic acids is 1. The van der Waals surface area contributed by atoms with E-state index in [0.717, 1.165) is 11.5 Å². The molecular formula is C14H16N2O4. The van der Waals surface area contributed by atoms with Crippen molar-refractivity contribution in [3.05, 3.63) is 47.3 Å². The topological polar surface area (TPSA) is 84.6 Å². The summed E-state index contributed by atoms with van der Waals surface area (Å²) >= 11 is 0. The van der Waals surface area contributed by atoms with Crippen molar-refractivity contribution in [3.8, 4) is 5.75 Å². The van der Waals surface area contributed by atoms with Crippen LogP contribution in [0.25, 0.3) is 0 Å². The highest BCUT2D eigenvalue weighted by Gasteiger charge is 2.04. The number of aryl methyl sites for hydroxylation is 1. The standard InChI is InChI=1S/C14H16N2O4/c1-10-7-13(20-16-10)9-15-5-6-19-12-4-2-3-11(8-12)14(17)18/h2-4,7-8,15H,5-6,9H2,1H3,(H,17,18).